The van der Waals surface area contributed by atoms with Gasteiger partial charge in [0.15, 0.2) is 0 Å². The maximum atomic E-state index is 11.6. The summed E-state index contributed by atoms with van der Waals surface area (Å²) >= 11 is 0. The van der Waals surface area contributed by atoms with Crippen LogP contribution in [0.25, 0.3) is 0 Å². The summed E-state index contributed by atoms with van der Waals surface area (Å²) in [6, 6.07) is 9.39. The predicted molar refractivity (Wildman–Crippen MR) is 73.7 cm³/mol. The zero-order valence-electron chi connectivity index (χ0n) is 10.6. The molecule has 1 fully saturated rings. The van der Waals surface area contributed by atoms with Crippen molar-refractivity contribution in [3.05, 3.63) is 30.3 Å². The second-order valence-electron chi connectivity index (χ2n) is 4.73. The van der Waals surface area contributed by atoms with Crippen LogP contribution in [0.5, 0.6) is 0 Å². The number of amides is 2. The van der Waals surface area contributed by atoms with E-state index in [1.807, 2.05) is 30.3 Å². The quantitative estimate of drug-likeness (QED) is 0.764. The van der Waals surface area contributed by atoms with Crippen molar-refractivity contribution in [2.75, 3.05) is 25.0 Å². The first-order chi connectivity index (χ1) is 8.84. The lowest BCUT2D eigenvalue weighted by Crippen LogP contribution is -2.33. The Morgan fingerprint density at radius 3 is 2.67 bits per heavy atom. The van der Waals surface area contributed by atoms with Crippen molar-refractivity contribution in [1.29, 1.82) is 0 Å². The minimum absolute atomic E-state index is 0.116. The number of hydrogen-bond acceptors (Lipinski definition) is 2. The van der Waals surface area contributed by atoms with E-state index in [-0.39, 0.29) is 6.03 Å². The fourth-order valence-electron chi connectivity index (χ4n) is 2.26. The number of piperidine rings is 1. The molecule has 0 aromatic heterocycles. The molecular weight excluding hydrogens is 226 g/mol. The van der Waals surface area contributed by atoms with Crippen molar-refractivity contribution in [1.82, 2.24) is 10.6 Å². The third-order valence-electron chi connectivity index (χ3n) is 3.33. The molecule has 4 nitrogen and oxygen atoms in total. The first-order valence-corrected chi connectivity index (χ1v) is 6.65. The second-order valence-corrected chi connectivity index (χ2v) is 4.73. The molecule has 0 unspecified atom stereocenters. The monoisotopic (exact) mass is 247 g/mol. The molecule has 0 saturated carbocycles. The Balaban J connectivity index is 1.62. The summed E-state index contributed by atoms with van der Waals surface area (Å²) < 4.78 is 0. The van der Waals surface area contributed by atoms with E-state index in [0.717, 1.165) is 37.7 Å². The molecule has 1 aromatic rings. The number of carbonyl (C=O) groups excluding carboxylic acids is 1. The van der Waals surface area contributed by atoms with E-state index in [2.05, 4.69) is 16.0 Å². The molecule has 2 amide bonds. The molecule has 3 N–H and O–H groups in total. The Labute approximate surface area is 108 Å². The van der Waals surface area contributed by atoms with E-state index >= 15 is 0 Å². The van der Waals surface area contributed by atoms with Crippen LogP contribution in [-0.4, -0.2) is 25.7 Å². The van der Waals surface area contributed by atoms with Gasteiger partial charge in [-0.3, -0.25) is 0 Å². The summed E-state index contributed by atoms with van der Waals surface area (Å²) in [5.74, 6) is 0.753. The van der Waals surface area contributed by atoms with Crippen molar-refractivity contribution in [3.63, 3.8) is 0 Å². The maximum absolute atomic E-state index is 11.6. The molecule has 98 valence electrons. The van der Waals surface area contributed by atoms with Crippen LogP contribution in [0.3, 0.4) is 0 Å². The zero-order valence-corrected chi connectivity index (χ0v) is 10.6. The molecule has 0 aliphatic carbocycles. The van der Waals surface area contributed by atoms with Crippen molar-refractivity contribution < 1.29 is 4.79 Å². The Morgan fingerprint density at radius 2 is 1.94 bits per heavy atom. The number of anilines is 1. The predicted octanol–water partition coefficient (Wildman–Crippen LogP) is 2.20. The number of para-hydroxylation sites is 1. The standard InChI is InChI=1S/C14H21N3O/c18-14(17-13-4-2-1-3-5-13)16-11-8-12-6-9-15-10-7-12/h1-5,12,15H,6-11H2,(H2,16,17,18). The van der Waals surface area contributed by atoms with Crippen LogP contribution in [0.2, 0.25) is 0 Å². The average Bonchev–Trinajstić information content (AvgIpc) is 2.41. The molecule has 1 aliphatic rings. The van der Waals surface area contributed by atoms with Gasteiger partial charge in [0.2, 0.25) is 0 Å². The minimum Gasteiger partial charge on any atom is -0.338 e. The van der Waals surface area contributed by atoms with Crippen LogP contribution < -0.4 is 16.0 Å². The number of urea groups is 1. The summed E-state index contributed by atoms with van der Waals surface area (Å²) in [6.07, 6.45) is 3.52. The van der Waals surface area contributed by atoms with Gasteiger partial charge in [-0.05, 0) is 50.4 Å². The topological polar surface area (TPSA) is 53.2 Å². The van der Waals surface area contributed by atoms with Gasteiger partial charge in [0, 0.05) is 12.2 Å². The third kappa shape index (κ3) is 4.37. The summed E-state index contributed by atoms with van der Waals surface area (Å²) in [4.78, 5) is 11.6. The molecule has 1 heterocycles. The fourth-order valence-corrected chi connectivity index (χ4v) is 2.26. The molecule has 0 spiro atoms. The lowest BCUT2D eigenvalue weighted by molar-refractivity contribution is 0.250. The van der Waals surface area contributed by atoms with Crippen molar-refractivity contribution >= 4 is 11.7 Å². The normalized spacial score (nSPS) is 16.2. The maximum Gasteiger partial charge on any atom is 0.319 e. The van der Waals surface area contributed by atoms with Gasteiger partial charge in [0.1, 0.15) is 0 Å². The largest absolute Gasteiger partial charge is 0.338 e. The number of benzene rings is 1. The number of rotatable bonds is 4. The van der Waals surface area contributed by atoms with E-state index in [1.54, 1.807) is 0 Å². The van der Waals surface area contributed by atoms with Crippen molar-refractivity contribution in [2.24, 2.45) is 5.92 Å². The van der Waals surface area contributed by atoms with Crippen molar-refractivity contribution in [3.8, 4) is 0 Å². The molecule has 0 radical (unpaired) electrons. The zero-order chi connectivity index (χ0) is 12.6. The Kier molecular flexibility index (Phi) is 5.02. The van der Waals surface area contributed by atoms with Gasteiger partial charge >= 0.3 is 6.03 Å². The first kappa shape index (κ1) is 12.9. The molecule has 1 aliphatic heterocycles. The van der Waals surface area contributed by atoms with E-state index in [1.165, 1.54) is 12.8 Å². The van der Waals surface area contributed by atoms with Crippen LogP contribution in [0, 0.1) is 5.92 Å². The Bertz CT molecular complexity index is 361. The smallest absolute Gasteiger partial charge is 0.319 e. The molecular formula is C14H21N3O. The van der Waals surface area contributed by atoms with Gasteiger partial charge in [-0.15, -0.1) is 0 Å². The van der Waals surface area contributed by atoms with E-state index in [9.17, 15) is 4.79 Å². The fraction of sp³-hybridized carbons (Fsp3) is 0.500. The van der Waals surface area contributed by atoms with Crippen LogP contribution in [0.4, 0.5) is 10.5 Å². The van der Waals surface area contributed by atoms with E-state index in [0.29, 0.717) is 0 Å². The van der Waals surface area contributed by atoms with Crippen LogP contribution in [-0.2, 0) is 0 Å². The van der Waals surface area contributed by atoms with Crippen LogP contribution in [0.1, 0.15) is 19.3 Å². The highest BCUT2D eigenvalue weighted by Gasteiger charge is 2.12. The minimum atomic E-state index is -0.116. The summed E-state index contributed by atoms with van der Waals surface area (Å²) in [5.41, 5.74) is 0.830. The molecule has 18 heavy (non-hydrogen) atoms. The Hall–Kier alpha value is -1.55. The van der Waals surface area contributed by atoms with Crippen LogP contribution >= 0.6 is 0 Å². The molecule has 4 heteroatoms. The summed E-state index contributed by atoms with van der Waals surface area (Å²) in [7, 11) is 0. The van der Waals surface area contributed by atoms with Gasteiger partial charge in [0.25, 0.3) is 0 Å². The molecule has 2 rings (SSSR count). The molecule has 1 saturated heterocycles. The summed E-state index contributed by atoms with van der Waals surface area (Å²) in [6.45, 7) is 2.98. The van der Waals surface area contributed by atoms with Gasteiger partial charge in [-0.2, -0.15) is 0 Å². The first-order valence-electron chi connectivity index (χ1n) is 6.65. The van der Waals surface area contributed by atoms with E-state index < -0.39 is 0 Å². The highest BCUT2D eigenvalue weighted by molar-refractivity contribution is 5.89. The molecule has 0 bridgehead atoms. The molecule has 1 aromatic carbocycles. The van der Waals surface area contributed by atoms with Crippen molar-refractivity contribution in [2.45, 2.75) is 19.3 Å². The molecule has 0 atom stereocenters. The average molecular weight is 247 g/mol. The number of nitrogens with one attached hydrogen (secondary N) is 3. The third-order valence-corrected chi connectivity index (χ3v) is 3.33. The number of carbonyl (C=O) groups is 1. The SMILES string of the molecule is O=C(NCCC1CCNCC1)Nc1ccccc1. The highest BCUT2D eigenvalue weighted by atomic mass is 16.2. The second kappa shape index (κ2) is 7.01. The number of hydrogen-bond donors (Lipinski definition) is 3. The van der Waals surface area contributed by atoms with Crippen LogP contribution in [0.15, 0.2) is 30.3 Å². The lowest BCUT2D eigenvalue weighted by atomic mass is 9.95. The van der Waals surface area contributed by atoms with Gasteiger partial charge < -0.3 is 16.0 Å². The Morgan fingerprint density at radius 1 is 1.22 bits per heavy atom. The lowest BCUT2D eigenvalue weighted by Gasteiger charge is -2.22. The van der Waals surface area contributed by atoms with Gasteiger partial charge in [0.05, 0.1) is 0 Å². The summed E-state index contributed by atoms with van der Waals surface area (Å²) in [5, 5.41) is 9.07. The van der Waals surface area contributed by atoms with Gasteiger partial charge in [-0.25, -0.2) is 4.79 Å². The highest BCUT2D eigenvalue weighted by Crippen LogP contribution is 2.14. The van der Waals surface area contributed by atoms with Gasteiger partial charge in [-0.1, -0.05) is 18.2 Å². The van der Waals surface area contributed by atoms with E-state index in [4.69, 9.17) is 0 Å².